The van der Waals surface area contributed by atoms with Crippen LogP contribution in [0, 0.1) is 0 Å². The third-order valence-electron chi connectivity index (χ3n) is 1.75. The number of rotatable bonds is 3. The van der Waals surface area contributed by atoms with Gasteiger partial charge in [-0.05, 0) is 32.7 Å². The summed E-state index contributed by atoms with van der Waals surface area (Å²) in [5.41, 5.74) is 1.89. The van der Waals surface area contributed by atoms with Crippen LogP contribution in [0.25, 0.3) is 0 Å². The molecule has 0 fully saturated rings. The molecule has 1 aliphatic heterocycles. The lowest BCUT2D eigenvalue weighted by Gasteiger charge is -2.17. The zero-order valence-electron chi connectivity index (χ0n) is 11.5. The first-order valence-corrected chi connectivity index (χ1v) is 6.31. The molecule has 112 valence electrons. The number of nitrogens with one attached hydrogen (secondary N) is 1. The van der Waals surface area contributed by atoms with Crippen molar-refractivity contribution < 1.29 is 23.9 Å². The highest BCUT2D eigenvalue weighted by molar-refractivity contribution is 8.00. The van der Waals surface area contributed by atoms with Gasteiger partial charge in [-0.15, -0.1) is 0 Å². The van der Waals surface area contributed by atoms with E-state index in [0.29, 0.717) is 0 Å². The molecular weight excluding hydrogens is 288 g/mol. The first kappa shape index (κ1) is 16.3. The predicted octanol–water partition coefficient (Wildman–Crippen LogP) is 0.651. The summed E-state index contributed by atoms with van der Waals surface area (Å²) < 4.78 is 10.6. The molecule has 10 heteroatoms. The molecule has 20 heavy (non-hydrogen) atoms. The minimum Gasteiger partial charge on any atom is -0.464 e. The second-order valence-corrected chi connectivity index (χ2v) is 5.40. The fraction of sp³-hybridized carbons (Fsp3) is 0.500. The largest absolute Gasteiger partial charge is 0.535 e. The molecular formula is C10H16N4O5S. The molecule has 0 saturated heterocycles. The molecule has 1 rings (SSSR count). The fourth-order valence-corrected chi connectivity index (χ4v) is 1.57. The van der Waals surface area contributed by atoms with Gasteiger partial charge in [-0.3, -0.25) is 10.3 Å². The SMILES string of the molecule is COC(=O)C(=NOC(=O)OC(C)(C)C)C1=CSN(N)N1. The van der Waals surface area contributed by atoms with E-state index in [1.165, 1.54) is 12.5 Å². The topological polar surface area (TPSA) is 115 Å². The van der Waals surface area contributed by atoms with Crippen molar-refractivity contribution in [3.63, 3.8) is 0 Å². The van der Waals surface area contributed by atoms with Crippen molar-refractivity contribution in [1.82, 2.24) is 9.95 Å². The normalized spacial score (nSPS) is 16.2. The van der Waals surface area contributed by atoms with Crippen LogP contribution in [-0.4, -0.2) is 35.1 Å². The van der Waals surface area contributed by atoms with Crippen LogP contribution < -0.4 is 11.3 Å². The van der Waals surface area contributed by atoms with Gasteiger partial charge in [0.2, 0.25) is 5.71 Å². The van der Waals surface area contributed by atoms with E-state index in [0.717, 1.165) is 16.5 Å². The Morgan fingerprint density at radius 3 is 2.55 bits per heavy atom. The van der Waals surface area contributed by atoms with E-state index in [2.05, 4.69) is 20.2 Å². The van der Waals surface area contributed by atoms with Gasteiger partial charge >= 0.3 is 12.1 Å². The van der Waals surface area contributed by atoms with Crippen molar-refractivity contribution in [2.45, 2.75) is 26.4 Å². The zero-order valence-corrected chi connectivity index (χ0v) is 12.3. The first-order chi connectivity index (χ1) is 9.23. The van der Waals surface area contributed by atoms with Crippen LogP contribution in [0.5, 0.6) is 0 Å². The van der Waals surface area contributed by atoms with Crippen molar-refractivity contribution in [3.8, 4) is 0 Å². The lowest BCUT2D eigenvalue weighted by Crippen LogP contribution is -2.37. The van der Waals surface area contributed by atoms with Gasteiger partial charge in [-0.25, -0.2) is 15.4 Å². The number of nitrogens with two attached hydrogens (primary N) is 1. The summed E-state index contributed by atoms with van der Waals surface area (Å²) in [5, 5.41) is 4.94. The molecule has 0 aromatic heterocycles. The Kier molecular flexibility index (Phi) is 5.36. The first-order valence-electron chi connectivity index (χ1n) is 5.48. The highest BCUT2D eigenvalue weighted by Gasteiger charge is 2.25. The highest BCUT2D eigenvalue weighted by Crippen LogP contribution is 2.17. The molecule has 1 aliphatic rings. The molecule has 0 bridgehead atoms. The van der Waals surface area contributed by atoms with E-state index >= 15 is 0 Å². The number of hydrogen-bond acceptors (Lipinski definition) is 10. The lowest BCUT2D eigenvalue weighted by atomic mass is 10.2. The number of methoxy groups -OCH3 is 1. The third-order valence-corrected chi connectivity index (χ3v) is 2.41. The summed E-state index contributed by atoms with van der Waals surface area (Å²) in [7, 11) is 1.17. The number of carbonyl (C=O) groups excluding carboxylic acids is 2. The van der Waals surface area contributed by atoms with Crippen molar-refractivity contribution in [2.24, 2.45) is 11.0 Å². The molecule has 9 nitrogen and oxygen atoms in total. The molecule has 0 aliphatic carbocycles. The van der Waals surface area contributed by atoms with Gasteiger partial charge in [-0.1, -0.05) is 9.68 Å². The minimum absolute atomic E-state index is 0.237. The maximum absolute atomic E-state index is 11.6. The smallest absolute Gasteiger partial charge is 0.464 e. The summed E-state index contributed by atoms with van der Waals surface area (Å²) in [6.45, 7) is 5.01. The van der Waals surface area contributed by atoms with E-state index in [4.69, 9.17) is 10.6 Å². The summed E-state index contributed by atoms with van der Waals surface area (Å²) >= 11 is 1.08. The maximum atomic E-state index is 11.6. The molecule has 0 radical (unpaired) electrons. The van der Waals surface area contributed by atoms with E-state index < -0.39 is 17.7 Å². The number of nitrogens with zero attached hydrogens (tertiary/aromatic N) is 2. The highest BCUT2D eigenvalue weighted by atomic mass is 32.2. The van der Waals surface area contributed by atoms with Crippen LogP contribution in [-0.2, 0) is 19.1 Å². The molecule has 0 aromatic rings. The third kappa shape index (κ3) is 5.07. The van der Waals surface area contributed by atoms with Gasteiger partial charge in [0, 0.05) is 5.41 Å². The summed E-state index contributed by atoms with van der Waals surface area (Å²) in [5.74, 6) is 4.65. The van der Waals surface area contributed by atoms with Gasteiger partial charge in [0.1, 0.15) is 5.60 Å². The molecule has 0 atom stereocenters. The summed E-state index contributed by atoms with van der Waals surface area (Å²) in [4.78, 5) is 27.5. The van der Waals surface area contributed by atoms with Crippen molar-refractivity contribution in [3.05, 3.63) is 11.1 Å². The quantitative estimate of drug-likeness (QED) is 0.193. The molecule has 1 heterocycles. The maximum Gasteiger partial charge on any atom is 0.535 e. The molecule has 0 amide bonds. The minimum atomic E-state index is -1.03. The van der Waals surface area contributed by atoms with Crippen molar-refractivity contribution in [2.75, 3.05) is 7.11 Å². The number of esters is 1. The second kappa shape index (κ2) is 6.59. The van der Waals surface area contributed by atoms with E-state index in [1.54, 1.807) is 20.8 Å². The van der Waals surface area contributed by atoms with Gasteiger partial charge in [0.05, 0.1) is 12.8 Å². The van der Waals surface area contributed by atoms with E-state index in [9.17, 15) is 9.59 Å². The summed E-state index contributed by atoms with van der Waals surface area (Å²) in [6.07, 6.45) is -1.03. The number of hydrogen-bond donors (Lipinski definition) is 2. The number of oxime groups is 1. The molecule has 3 N–H and O–H groups in total. The number of carbonyl (C=O) groups is 2. The Hall–Kier alpha value is -1.78. The van der Waals surface area contributed by atoms with Crippen molar-refractivity contribution in [1.29, 1.82) is 0 Å². The molecule has 0 aromatic carbocycles. The second-order valence-electron chi connectivity index (χ2n) is 4.56. The van der Waals surface area contributed by atoms with Crippen LogP contribution in [0.2, 0.25) is 0 Å². The Labute approximate surface area is 120 Å². The van der Waals surface area contributed by atoms with Crippen LogP contribution >= 0.6 is 11.9 Å². The molecule has 0 unspecified atom stereocenters. The van der Waals surface area contributed by atoms with E-state index in [-0.39, 0.29) is 11.4 Å². The Morgan fingerprint density at radius 1 is 1.45 bits per heavy atom. The number of hydrazine groups is 2. The van der Waals surface area contributed by atoms with Gasteiger partial charge < -0.3 is 9.47 Å². The fourth-order valence-electron chi connectivity index (χ4n) is 1.03. The van der Waals surface area contributed by atoms with Crippen LogP contribution in [0.4, 0.5) is 4.79 Å². The number of ether oxygens (including phenoxy) is 2. The van der Waals surface area contributed by atoms with Crippen LogP contribution in [0.3, 0.4) is 0 Å². The zero-order chi connectivity index (χ0) is 15.3. The Balaban J connectivity index is 2.77. The average Bonchev–Trinajstić information content (AvgIpc) is 2.73. The molecule has 0 spiro atoms. The monoisotopic (exact) mass is 304 g/mol. The van der Waals surface area contributed by atoms with Gasteiger partial charge in [0.15, 0.2) is 0 Å². The Bertz CT molecular complexity index is 457. The molecule has 0 saturated carbocycles. The van der Waals surface area contributed by atoms with Gasteiger partial charge in [0.25, 0.3) is 0 Å². The summed E-state index contributed by atoms with van der Waals surface area (Å²) in [6, 6.07) is 0. The Morgan fingerprint density at radius 2 is 2.10 bits per heavy atom. The van der Waals surface area contributed by atoms with E-state index in [1.807, 2.05) is 0 Å². The lowest BCUT2D eigenvalue weighted by molar-refractivity contribution is -0.132. The predicted molar refractivity (Wildman–Crippen MR) is 71.6 cm³/mol. The average molecular weight is 304 g/mol. The standard InChI is InChI=1S/C10H16N4O5S/c1-10(2,3)18-9(16)19-13-7(8(15)17-4)6-5-20-14(11)12-6/h5,12H,11H2,1-4H3. The van der Waals surface area contributed by atoms with Crippen LogP contribution in [0.1, 0.15) is 20.8 Å². The van der Waals surface area contributed by atoms with Crippen LogP contribution in [0.15, 0.2) is 16.3 Å². The van der Waals surface area contributed by atoms with Crippen molar-refractivity contribution >= 4 is 29.8 Å². The van der Waals surface area contributed by atoms with Gasteiger partial charge in [-0.2, -0.15) is 0 Å².